The highest BCUT2D eigenvalue weighted by molar-refractivity contribution is 7.90. The molecule has 1 fully saturated rings. The van der Waals surface area contributed by atoms with Crippen molar-refractivity contribution in [3.63, 3.8) is 0 Å². The average Bonchev–Trinajstić information content (AvgIpc) is 3.27. The van der Waals surface area contributed by atoms with Crippen molar-refractivity contribution in [1.82, 2.24) is 4.90 Å². The smallest absolute Gasteiger partial charge is 0.254 e. The van der Waals surface area contributed by atoms with Gasteiger partial charge < -0.3 is 9.64 Å². The molecule has 1 amide bonds. The molecule has 1 aliphatic rings. The number of nitrogens with zero attached hydrogens (tertiary/aromatic N) is 1. The predicted molar refractivity (Wildman–Crippen MR) is 97.6 cm³/mol. The molecule has 1 saturated heterocycles. The molecule has 2 heterocycles. The number of benzene rings is 1. The van der Waals surface area contributed by atoms with Gasteiger partial charge in [0.1, 0.15) is 0 Å². The van der Waals surface area contributed by atoms with Crippen LogP contribution in [0.15, 0.2) is 46.7 Å². The van der Waals surface area contributed by atoms with Gasteiger partial charge >= 0.3 is 0 Å². The molecule has 5 nitrogen and oxygen atoms in total. The quantitative estimate of drug-likeness (QED) is 0.774. The number of carbonyl (C=O) groups excluding carboxylic acids is 1. The van der Waals surface area contributed by atoms with Crippen LogP contribution in [0.3, 0.4) is 0 Å². The summed E-state index contributed by atoms with van der Waals surface area (Å²) in [5.41, 5.74) is 0.387. The SMILES string of the molecule is CS(=O)(=O)c1cccc(C(=O)N(Cc2cccs2)CC2CCCO2)c1. The summed E-state index contributed by atoms with van der Waals surface area (Å²) in [6.07, 6.45) is 3.14. The van der Waals surface area contributed by atoms with E-state index in [2.05, 4.69) is 0 Å². The molecule has 1 aromatic carbocycles. The fourth-order valence-corrected chi connectivity index (χ4v) is 4.27. The van der Waals surface area contributed by atoms with Gasteiger partial charge in [-0.15, -0.1) is 11.3 Å². The monoisotopic (exact) mass is 379 g/mol. The molecule has 0 saturated carbocycles. The number of rotatable bonds is 6. The zero-order valence-corrected chi connectivity index (χ0v) is 15.7. The molecular weight excluding hydrogens is 358 g/mol. The minimum atomic E-state index is -3.35. The Morgan fingerprint density at radius 2 is 2.16 bits per heavy atom. The van der Waals surface area contributed by atoms with Gasteiger partial charge in [-0.05, 0) is 42.5 Å². The van der Waals surface area contributed by atoms with Crippen molar-refractivity contribution < 1.29 is 17.9 Å². The van der Waals surface area contributed by atoms with Crippen LogP contribution in [0.2, 0.25) is 0 Å². The first-order valence-corrected chi connectivity index (χ1v) is 10.9. The molecular formula is C18H21NO4S2. The van der Waals surface area contributed by atoms with E-state index in [9.17, 15) is 13.2 Å². The second kappa shape index (κ2) is 7.68. The van der Waals surface area contributed by atoms with Gasteiger partial charge in [-0.25, -0.2) is 8.42 Å². The van der Waals surface area contributed by atoms with Crippen LogP contribution in [0.4, 0.5) is 0 Å². The summed E-state index contributed by atoms with van der Waals surface area (Å²) in [6, 6.07) is 10.2. The second-order valence-corrected chi connectivity index (χ2v) is 9.25. The maximum absolute atomic E-state index is 13.0. The number of amides is 1. The van der Waals surface area contributed by atoms with Gasteiger partial charge in [0.2, 0.25) is 0 Å². The van der Waals surface area contributed by atoms with Crippen molar-refractivity contribution in [3.8, 4) is 0 Å². The molecule has 1 aliphatic heterocycles. The zero-order valence-electron chi connectivity index (χ0n) is 14.1. The number of hydrogen-bond acceptors (Lipinski definition) is 5. The molecule has 3 rings (SSSR count). The van der Waals surface area contributed by atoms with E-state index in [0.29, 0.717) is 18.7 Å². The first kappa shape index (κ1) is 18.1. The number of hydrogen-bond donors (Lipinski definition) is 0. The van der Waals surface area contributed by atoms with Crippen LogP contribution in [0.1, 0.15) is 28.1 Å². The Hall–Kier alpha value is -1.70. The lowest BCUT2D eigenvalue weighted by molar-refractivity contribution is 0.0509. The van der Waals surface area contributed by atoms with E-state index < -0.39 is 9.84 Å². The Balaban J connectivity index is 1.84. The van der Waals surface area contributed by atoms with Gasteiger partial charge in [0.15, 0.2) is 9.84 Å². The van der Waals surface area contributed by atoms with Crippen molar-refractivity contribution in [1.29, 1.82) is 0 Å². The van der Waals surface area contributed by atoms with Crippen molar-refractivity contribution in [2.24, 2.45) is 0 Å². The maximum atomic E-state index is 13.0. The van der Waals surface area contributed by atoms with Crippen LogP contribution < -0.4 is 0 Å². The van der Waals surface area contributed by atoms with E-state index in [0.717, 1.165) is 30.6 Å². The standard InChI is InChI=1S/C18H21NO4S2/c1-25(21,22)17-8-2-5-14(11-17)18(20)19(12-15-6-3-9-23-15)13-16-7-4-10-24-16/h2,4-5,7-8,10-11,15H,3,6,9,12-13H2,1H3. The van der Waals surface area contributed by atoms with Gasteiger partial charge in [-0.2, -0.15) is 0 Å². The second-order valence-electron chi connectivity index (χ2n) is 6.20. The van der Waals surface area contributed by atoms with Crippen LogP contribution in [0.5, 0.6) is 0 Å². The third-order valence-electron chi connectivity index (χ3n) is 4.17. The number of carbonyl (C=O) groups is 1. The number of ether oxygens (including phenoxy) is 1. The lowest BCUT2D eigenvalue weighted by Gasteiger charge is -2.25. The topological polar surface area (TPSA) is 63.7 Å². The Morgan fingerprint density at radius 3 is 2.80 bits per heavy atom. The number of sulfone groups is 1. The van der Waals surface area contributed by atoms with Gasteiger partial charge in [0.05, 0.1) is 17.5 Å². The van der Waals surface area contributed by atoms with Crippen LogP contribution >= 0.6 is 11.3 Å². The van der Waals surface area contributed by atoms with Gasteiger partial charge in [0.25, 0.3) is 5.91 Å². The van der Waals surface area contributed by atoms with Crippen LogP contribution in [-0.2, 0) is 21.1 Å². The van der Waals surface area contributed by atoms with Crippen molar-refractivity contribution >= 4 is 27.1 Å². The molecule has 1 atom stereocenters. The van der Waals surface area contributed by atoms with Gasteiger partial charge in [0, 0.05) is 29.8 Å². The lowest BCUT2D eigenvalue weighted by atomic mass is 10.1. The first-order valence-electron chi connectivity index (χ1n) is 8.17. The lowest BCUT2D eigenvalue weighted by Crippen LogP contribution is -2.36. The van der Waals surface area contributed by atoms with Crippen molar-refractivity contribution in [3.05, 3.63) is 52.2 Å². The summed E-state index contributed by atoms with van der Waals surface area (Å²) in [6.45, 7) is 1.74. The first-order chi connectivity index (χ1) is 11.9. The van der Waals surface area contributed by atoms with Gasteiger partial charge in [-0.3, -0.25) is 4.79 Å². The molecule has 2 aromatic rings. The van der Waals surface area contributed by atoms with Crippen molar-refractivity contribution in [2.75, 3.05) is 19.4 Å². The molecule has 134 valence electrons. The molecule has 0 N–H and O–H groups in total. The van der Waals surface area contributed by atoms with E-state index >= 15 is 0 Å². The van der Waals surface area contributed by atoms with Crippen molar-refractivity contribution in [2.45, 2.75) is 30.4 Å². The summed E-state index contributed by atoms with van der Waals surface area (Å²) in [5.74, 6) is -0.172. The van der Waals surface area contributed by atoms with E-state index in [1.54, 1.807) is 28.4 Å². The maximum Gasteiger partial charge on any atom is 0.254 e. The van der Waals surface area contributed by atoms with E-state index in [4.69, 9.17) is 4.74 Å². The Labute approximate surface area is 152 Å². The number of thiophene rings is 1. The largest absolute Gasteiger partial charge is 0.376 e. The summed E-state index contributed by atoms with van der Waals surface area (Å²) >= 11 is 1.60. The minimum absolute atomic E-state index is 0.0435. The highest BCUT2D eigenvalue weighted by Crippen LogP contribution is 2.20. The average molecular weight is 380 g/mol. The fourth-order valence-electron chi connectivity index (χ4n) is 2.89. The third kappa shape index (κ3) is 4.68. The molecule has 1 aromatic heterocycles. The fraction of sp³-hybridized carbons (Fsp3) is 0.389. The van der Waals surface area contributed by atoms with E-state index in [1.807, 2.05) is 17.5 Å². The highest BCUT2D eigenvalue weighted by Gasteiger charge is 2.24. The third-order valence-corrected chi connectivity index (χ3v) is 6.14. The molecule has 0 spiro atoms. The predicted octanol–water partition coefficient (Wildman–Crippen LogP) is 2.97. The Bertz CT molecular complexity index is 825. The molecule has 0 aliphatic carbocycles. The normalized spacial score (nSPS) is 17.6. The zero-order chi connectivity index (χ0) is 17.9. The summed E-state index contributed by atoms with van der Waals surface area (Å²) in [7, 11) is -3.35. The minimum Gasteiger partial charge on any atom is -0.376 e. The van der Waals surface area contributed by atoms with Gasteiger partial charge in [-0.1, -0.05) is 12.1 Å². The van der Waals surface area contributed by atoms with E-state index in [-0.39, 0.29) is 16.9 Å². The van der Waals surface area contributed by atoms with Crippen LogP contribution in [0, 0.1) is 0 Å². The molecule has 0 radical (unpaired) electrons. The van der Waals surface area contributed by atoms with Crippen LogP contribution in [-0.4, -0.2) is 44.7 Å². The molecule has 7 heteroatoms. The molecule has 25 heavy (non-hydrogen) atoms. The summed E-state index contributed by atoms with van der Waals surface area (Å²) in [4.78, 5) is 16.0. The van der Waals surface area contributed by atoms with E-state index in [1.165, 1.54) is 12.1 Å². The Morgan fingerprint density at radius 1 is 1.32 bits per heavy atom. The molecule has 0 bridgehead atoms. The molecule has 1 unspecified atom stereocenters. The van der Waals surface area contributed by atoms with Crippen LogP contribution in [0.25, 0.3) is 0 Å². The summed E-state index contributed by atoms with van der Waals surface area (Å²) in [5, 5.41) is 1.98. The summed E-state index contributed by atoms with van der Waals surface area (Å²) < 4.78 is 29.2. The Kier molecular flexibility index (Phi) is 5.56. The highest BCUT2D eigenvalue weighted by atomic mass is 32.2.